The lowest BCUT2D eigenvalue weighted by atomic mass is 9.81. The van der Waals surface area contributed by atoms with Gasteiger partial charge in [0.1, 0.15) is 11.6 Å². The molecular weight excluding hydrogens is 638 g/mol. The number of ether oxygens (including phenoxy) is 1. The number of rotatable bonds is 10. The summed E-state index contributed by atoms with van der Waals surface area (Å²) in [6.07, 6.45) is -0.0899. The van der Waals surface area contributed by atoms with E-state index in [0.717, 1.165) is 22.9 Å². The molecule has 0 aliphatic heterocycles. The molecule has 3 aromatic rings. The van der Waals surface area contributed by atoms with E-state index in [-0.39, 0.29) is 35.9 Å². The van der Waals surface area contributed by atoms with Gasteiger partial charge in [0.15, 0.2) is 11.6 Å². The highest BCUT2D eigenvalue weighted by molar-refractivity contribution is 9.10. The van der Waals surface area contributed by atoms with Crippen molar-refractivity contribution in [3.8, 4) is 11.4 Å². The van der Waals surface area contributed by atoms with Crippen LogP contribution in [0.5, 0.6) is 0 Å². The van der Waals surface area contributed by atoms with E-state index in [1.165, 1.54) is 0 Å². The number of alkyl halides is 2. The van der Waals surface area contributed by atoms with Crippen LogP contribution in [-0.4, -0.2) is 51.3 Å². The van der Waals surface area contributed by atoms with E-state index < -0.39 is 30.0 Å². The maximum absolute atomic E-state index is 13.4. The minimum Gasteiger partial charge on any atom is -0.444 e. The fourth-order valence-corrected chi connectivity index (χ4v) is 5.22. The van der Waals surface area contributed by atoms with Gasteiger partial charge in [-0.3, -0.25) is 14.7 Å². The molecule has 0 bridgehead atoms. The number of anilines is 1. The quantitative estimate of drug-likeness (QED) is 0.203. The summed E-state index contributed by atoms with van der Waals surface area (Å²) in [5.74, 6) is -0.969. The first-order valence-corrected chi connectivity index (χ1v) is 15.3. The largest absolute Gasteiger partial charge is 0.444 e. The van der Waals surface area contributed by atoms with Gasteiger partial charge in [0.05, 0.1) is 0 Å². The Balaban J connectivity index is 1.36. The highest BCUT2D eigenvalue weighted by Gasteiger charge is 2.30. The molecule has 1 aromatic heterocycles. The molecule has 2 aromatic carbocycles. The van der Waals surface area contributed by atoms with Crippen LogP contribution in [0.1, 0.15) is 64.3 Å². The van der Waals surface area contributed by atoms with Gasteiger partial charge in [-0.05, 0) is 94.3 Å². The van der Waals surface area contributed by atoms with E-state index in [9.17, 15) is 23.2 Å². The Morgan fingerprint density at radius 1 is 1.02 bits per heavy atom. The fourth-order valence-electron chi connectivity index (χ4n) is 4.96. The number of nitrogens with one attached hydrogen (secondary N) is 4. The van der Waals surface area contributed by atoms with Crippen molar-refractivity contribution in [3.05, 3.63) is 64.4 Å². The van der Waals surface area contributed by atoms with E-state index in [1.807, 2.05) is 45.0 Å². The number of aromatic nitrogens is 3. The number of benzene rings is 2. The lowest BCUT2D eigenvalue weighted by Crippen LogP contribution is -2.48. The summed E-state index contributed by atoms with van der Waals surface area (Å²) in [6.45, 7) is 5.92. The van der Waals surface area contributed by atoms with Crippen molar-refractivity contribution < 1.29 is 27.9 Å². The van der Waals surface area contributed by atoms with Gasteiger partial charge in [0, 0.05) is 34.6 Å². The van der Waals surface area contributed by atoms with Crippen molar-refractivity contribution >= 4 is 39.5 Å². The SMILES string of the molecule is CC(C)(C)OC(=O)NCC1CCC(C(=O)NC(Cc2ccc(Br)cc2)C(=O)Nc2ccc(-c3n[nH]c(C(F)F)n3)cc2)CC1. The molecule has 0 saturated heterocycles. The molecule has 4 rings (SSSR count). The summed E-state index contributed by atoms with van der Waals surface area (Å²) >= 11 is 3.42. The number of hydrogen-bond donors (Lipinski definition) is 4. The van der Waals surface area contributed by atoms with E-state index in [0.29, 0.717) is 30.6 Å². The minimum atomic E-state index is -2.76. The van der Waals surface area contributed by atoms with Crippen LogP contribution in [-0.2, 0) is 20.7 Å². The number of halogens is 3. The van der Waals surface area contributed by atoms with Gasteiger partial charge in [-0.1, -0.05) is 28.1 Å². The molecule has 1 fully saturated rings. The zero-order chi connectivity index (χ0) is 31.9. The molecule has 0 radical (unpaired) electrons. The van der Waals surface area contributed by atoms with Crippen LogP contribution in [0.2, 0.25) is 0 Å². The molecule has 1 unspecified atom stereocenters. The minimum absolute atomic E-state index is 0.119. The van der Waals surface area contributed by atoms with Gasteiger partial charge >= 0.3 is 6.09 Å². The summed E-state index contributed by atoms with van der Waals surface area (Å²) in [4.78, 5) is 42.5. The van der Waals surface area contributed by atoms with Gasteiger partial charge in [0.25, 0.3) is 6.43 Å². The Bertz CT molecular complexity index is 1420. The lowest BCUT2D eigenvalue weighted by Gasteiger charge is -2.29. The zero-order valence-corrected chi connectivity index (χ0v) is 26.4. The maximum Gasteiger partial charge on any atom is 0.407 e. The van der Waals surface area contributed by atoms with Crippen molar-refractivity contribution in [2.75, 3.05) is 11.9 Å². The van der Waals surface area contributed by atoms with Gasteiger partial charge < -0.3 is 20.7 Å². The number of aromatic amines is 1. The summed E-state index contributed by atoms with van der Waals surface area (Å²) in [5, 5.41) is 14.7. The topological polar surface area (TPSA) is 138 Å². The Morgan fingerprint density at radius 2 is 1.68 bits per heavy atom. The number of carbonyl (C=O) groups is 3. The van der Waals surface area contributed by atoms with E-state index in [4.69, 9.17) is 4.74 Å². The van der Waals surface area contributed by atoms with Crippen LogP contribution in [0.4, 0.5) is 19.3 Å². The molecule has 236 valence electrons. The van der Waals surface area contributed by atoms with Crippen molar-refractivity contribution in [1.82, 2.24) is 25.8 Å². The van der Waals surface area contributed by atoms with Crippen molar-refractivity contribution in [2.45, 2.75) is 70.9 Å². The van der Waals surface area contributed by atoms with Gasteiger partial charge in [-0.2, -0.15) is 5.10 Å². The first-order valence-electron chi connectivity index (χ1n) is 14.5. The first-order chi connectivity index (χ1) is 20.9. The monoisotopic (exact) mass is 674 g/mol. The average molecular weight is 676 g/mol. The smallest absolute Gasteiger partial charge is 0.407 e. The number of amides is 3. The lowest BCUT2D eigenvalue weighted by molar-refractivity contribution is -0.130. The Hall–Kier alpha value is -3.87. The van der Waals surface area contributed by atoms with Gasteiger partial charge in [-0.15, -0.1) is 0 Å². The van der Waals surface area contributed by atoms with Crippen molar-refractivity contribution in [2.24, 2.45) is 11.8 Å². The maximum atomic E-state index is 13.4. The number of carbonyl (C=O) groups excluding carboxylic acids is 3. The fraction of sp³-hybridized carbons (Fsp3) is 0.452. The predicted molar refractivity (Wildman–Crippen MR) is 165 cm³/mol. The molecule has 1 aliphatic rings. The third-order valence-corrected chi connectivity index (χ3v) is 7.79. The molecule has 0 spiro atoms. The first kappa shape index (κ1) is 33.0. The Kier molecular flexibility index (Phi) is 11.1. The Labute approximate surface area is 263 Å². The van der Waals surface area contributed by atoms with Crippen molar-refractivity contribution in [1.29, 1.82) is 0 Å². The third kappa shape index (κ3) is 9.83. The molecule has 1 atom stereocenters. The molecule has 1 heterocycles. The standard InChI is InChI=1S/C31H37BrF2N6O4/c1-31(2,3)44-30(43)35-17-19-4-8-21(9-5-19)28(41)37-24(16-18-6-12-22(32)13-7-18)29(42)36-23-14-10-20(11-15-23)26-38-27(25(33)34)40-39-26/h6-7,10-15,19,21,24-25H,4-5,8-9,16-17H2,1-3H3,(H,35,43)(H,36,42)(H,37,41)(H,38,39,40). The molecular formula is C31H37BrF2N6O4. The molecule has 1 aliphatic carbocycles. The van der Waals surface area contributed by atoms with Crippen LogP contribution in [0, 0.1) is 11.8 Å². The second kappa shape index (κ2) is 14.7. The normalized spacial score (nSPS) is 17.5. The molecule has 1 saturated carbocycles. The Morgan fingerprint density at radius 3 is 2.27 bits per heavy atom. The van der Waals surface area contributed by atoms with Crippen LogP contribution < -0.4 is 16.0 Å². The number of alkyl carbamates (subject to hydrolysis) is 1. The van der Waals surface area contributed by atoms with Crippen molar-refractivity contribution in [3.63, 3.8) is 0 Å². The second-order valence-electron chi connectivity index (χ2n) is 11.9. The number of H-pyrrole nitrogens is 1. The third-order valence-electron chi connectivity index (χ3n) is 7.26. The van der Waals surface area contributed by atoms with E-state index in [2.05, 4.69) is 47.1 Å². The summed E-state index contributed by atoms with van der Waals surface area (Å²) in [6, 6.07) is 13.2. The molecule has 44 heavy (non-hydrogen) atoms. The van der Waals surface area contributed by atoms with Crippen LogP contribution in [0.3, 0.4) is 0 Å². The van der Waals surface area contributed by atoms with Gasteiger partial charge in [0.2, 0.25) is 11.8 Å². The molecule has 10 nitrogen and oxygen atoms in total. The summed E-state index contributed by atoms with van der Waals surface area (Å²) in [7, 11) is 0. The zero-order valence-electron chi connectivity index (χ0n) is 24.8. The molecule has 3 amide bonds. The highest BCUT2D eigenvalue weighted by Crippen LogP contribution is 2.29. The van der Waals surface area contributed by atoms with Crippen LogP contribution in [0.25, 0.3) is 11.4 Å². The highest BCUT2D eigenvalue weighted by atomic mass is 79.9. The summed E-state index contributed by atoms with van der Waals surface area (Å²) < 4.78 is 31.9. The number of hydrogen-bond acceptors (Lipinski definition) is 6. The van der Waals surface area contributed by atoms with E-state index in [1.54, 1.807) is 24.3 Å². The van der Waals surface area contributed by atoms with Crippen LogP contribution >= 0.6 is 15.9 Å². The average Bonchev–Trinajstić information content (AvgIpc) is 3.47. The van der Waals surface area contributed by atoms with Crippen LogP contribution in [0.15, 0.2) is 53.0 Å². The second-order valence-corrected chi connectivity index (χ2v) is 12.8. The van der Waals surface area contributed by atoms with E-state index >= 15 is 0 Å². The number of nitrogens with zero attached hydrogens (tertiary/aromatic N) is 2. The molecule has 13 heteroatoms. The van der Waals surface area contributed by atoms with Gasteiger partial charge in [-0.25, -0.2) is 18.6 Å². The summed E-state index contributed by atoms with van der Waals surface area (Å²) in [5.41, 5.74) is 1.28. The predicted octanol–water partition coefficient (Wildman–Crippen LogP) is 6.17. The molecule has 4 N–H and O–H groups in total.